The molecule has 0 aliphatic carbocycles. The van der Waals surface area contributed by atoms with Gasteiger partial charge in [-0.1, -0.05) is 12.1 Å². The standard InChI is InChI=1S/C10H13N.BrH/c1-8-4-5-9-3-2-6-11-10(9)7-8;/h4-5,7,11H,2-3,6H2,1H3;1H/p-1. The maximum absolute atomic E-state index is 3.40. The van der Waals surface area contributed by atoms with Crippen molar-refractivity contribution < 1.29 is 17.0 Å². The van der Waals surface area contributed by atoms with Crippen molar-refractivity contribution in [2.45, 2.75) is 19.8 Å². The lowest BCUT2D eigenvalue weighted by Gasteiger charge is -2.17. The summed E-state index contributed by atoms with van der Waals surface area (Å²) in [5.41, 5.74) is 4.16. The molecule has 0 spiro atoms. The molecule has 0 amide bonds. The number of benzene rings is 1. The van der Waals surface area contributed by atoms with Crippen molar-refractivity contribution in [3.05, 3.63) is 29.3 Å². The first-order chi connectivity index (χ1) is 5.36. The predicted octanol–water partition coefficient (Wildman–Crippen LogP) is -0.643. The minimum atomic E-state index is 0. The van der Waals surface area contributed by atoms with Gasteiger partial charge in [0.1, 0.15) is 0 Å². The van der Waals surface area contributed by atoms with E-state index in [1.54, 1.807) is 0 Å². The summed E-state index contributed by atoms with van der Waals surface area (Å²) in [6.45, 7) is 3.27. The summed E-state index contributed by atoms with van der Waals surface area (Å²) < 4.78 is 0. The number of fused-ring (bicyclic) bond motifs is 1. The maximum atomic E-state index is 3.40. The minimum Gasteiger partial charge on any atom is -1.00 e. The van der Waals surface area contributed by atoms with Gasteiger partial charge >= 0.3 is 0 Å². The molecule has 66 valence electrons. The second kappa shape index (κ2) is 3.94. The molecule has 1 aromatic rings. The molecule has 12 heavy (non-hydrogen) atoms. The van der Waals surface area contributed by atoms with E-state index >= 15 is 0 Å². The smallest absolute Gasteiger partial charge is 0.0375 e. The Labute approximate surface area is 83.9 Å². The van der Waals surface area contributed by atoms with Crippen molar-refractivity contribution in [1.82, 2.24) is 0 Å². The Kier molecular flexibility index (Phi) is 3.15. The monoisotopic (exact) mass is 226 g/mol. The fourth-order valence-electron chi connectivity index (χ4n) is 1.57. The number of anilines is 1. The second-order valence-corrected chi connectivity index (χ2v) is 3.19. The van der Waals surface area contributed by atoms with Crippen molar-refractivity contribution >= 4 is 5.69 Å². The zero-order valence-electron chi connectivity index (χ0n) is 7.23. The highest BCUT2D eigenvalue weighted by Gasteiger charge is 2.06. The SMILES string of the molecule is Cc1ccc2c(c1)NCCC2.[Br-]. The van der Waals surface area contributed by atoms with Crippen LogP contribution >= 0.6 is 0 Å². The lowest BCUT2D eigenvalue weighted by Crippen LogP contribution is -3.00. The Morgan fingerprint density at radius 2 is 2.17 bits per heavy atom. The van der Waals surface area contributed by atoms with Gasteiger partial charge in [-0.2, -0.15) is 0 Å². The minimum absolute atomic E-state index is 0. The summed E-state index contributed by atoms with van der Waals surface area (Å²) in [4.78, 5) is 0. The van der Waals surface area contributed by atoms with Crippen LogP contribution in [-0.4, -0.2) is 6.54 Å². The van der Waals surface area contributed by atoms with Gasteiger partial charge in [0, 0.05) is 12.2 Å². The number of halogens is 1. The summed E-state index contributed by atoms with van der Waals surface area (Å²) in [5, 5.41) is 3.40. The summed E-state index contributed by atoms with van der Waals surface area (Å²) >= 11 is 0. The van der Waals surface area contributed by atoms with Gasteiger partial charge in [-0.15, -0.1) is 0 Å². The molecule has 1 aromatic carbocycles. The van der Waals surface area contributed by atoms with Crippen LogP contribution in [0.3, 0.4) is 0 Å². The molecule has 2 rings (SSSR count). The molecule has 0 unspecified atom stereocenters. The van der Waals surface area contributed by atoms with Gasteiger partial charge in [0.05, 0.1) is 0 Å². The predicted molar refractivity (Wildman–Crippen MR) is 48.0 cm³/mol. The molecule has 0 saturated heterocycles. The fraction of sp³-hybridized carbons (Fsp3) is 0.400. The molecule has 1 N–H and O–H groups in total. The molecule has 0 bridgehead atoms. The third-order valence-electron chi connectivity index (χ3n) is 2.20. The lowest BCUT2D eigenvalue weighted by molar-refractivity contribution is -0.00000229. The van der Waals surface area contributed by atoms with Crippen molar-refractivity contribution in [2.24, 2.45) is 0 Å². The molecular formula is C10H13BrN-. The van der Waals surface area contributed by atoms with E-state index in [2.05, 4.69) is 30.4 Å². The largest absolute Gasteiger partial charge is 1.00 e. The van der Waals surface area contributed by atoms with E-state index < -0.39 is 0 Å². The quantitative estimate of drug-likeness (QED) is 0.621. The van der Waals surface area contributed by atoms with Crippen molar-refractivity contribution in [2.75, 3.05) is 11.9 Å². The first-order valence-electron chi connectivity index (χ1n) is 4.20. The highest BCUT2D eigenvalue weighted by molar-refractivity contribution is 5.54. The molecule has 1 aliphatic heterocycles. The summed E-state index contributed by atoms with van der Waals surface area (Å²) in [5.74, 6) is 0. The molecule has 1 aliphatic rings. The maximum Gasteiger partial charge on any atom is 0.0375 e. The van der Waals surface area contributed by atoms with Gasteiger partial charge in [-0.05, 0) is 37.0 Å². The van der Waals surface area contributed by atoms with E-state index in [-0.39, 0.29) is 17.0 Å². The Hall–Kier alpha value is -0.500. The summed E-state index contributed by atoms with van der Waals surface area (Å²) in [6, 6.07) is 6.65. The molecule has 2 heteroatoms. The van der Waals surface area contributed by atoms with Crippen molar-refractivity contribution in [3.63, 3.8) is 0 Å². The van der Waals surface area contributed by atoms with Gasteiger partial charge in [0.15, 0.2) is 0 Å². The normalized spacial score (nSPS) is 14.1. The lowest BCUT2D eigenvalue weighted by atomic mass is 10.0. The van der Waals surface area contributed by atoms with Gasteiger partial charge < -0.3 is 22.3 Å². The zero-order chi connectivity index (χ0) is 7.68. The van der Waals surface area contributed by atoms with Crippen LogP contribution in [0.5, 0.6) is 0 Å². The van der Waals surface area contributed by atoms with Crippen LogP contribution in [0.2, 0.25) is 0 Å². The van der Waals surface area contributed by atoms with Gasteiger partial charge in [0.2, 0.25) is 0 Å². The van der Waals surface area contributed by atoms with E-state index in [4.69, 9.17) is 0 Å². The van der Waals surface area contributed by atoms with Crippen LogP contribution in [0.1, 0.15) is 17.5 Å². The number of hydrogen-bond donors (Lipinski definition) is 1. The fourth-order valence-corrected chi connectivity index (χ4v) is 1.57. The first kappa shape index (κ1) is 9.59. The molecule has 0 atom stereocenters. The number of rotatable bonds is 0. The third-order valence-corrected chi connectivity index (χ3v) is 2.20. The van der Waals surface area contributed by atoms with Gasteiger partial charge in [-0.25, -0.2) is 0 Å². The molecule has 1 nitrogen and oxygen atoms in total. The molecule has 1 heterocycles. The van der Waals surface area contributed by atoms with E-state index in [0.29, 0.717) is 0 Å². The van der Waals surface area contributed by atoms with Crippen LogP contribution in [-0.2, 0) is 6.42 Å². The molecular weight excluding hydrogens is 214 g/mol. The van der Waals surface area contributed by atoms with E-state index in [1.807, 2.05) is 0 Å². The van der Waals surface area contributed by atoms with Crippen molar-refractivity contribution in [1.29, 1.82) is 0 Å². The van der Waals surface area contributed by atoms with E-state index in [1.165, 1.54) is 29.7 Å². The molecule has 0 saturated carbocycles. The Balaban J connectivity index is 0.000000720. The molecule has 0 fully saturated rings. The average molecular weight is 227 g/mol. The van der Waals surface area contributed by atoms with E-state index in [9.17, 15) is 0 Å². The highest BCUT2D eigenvalue weighted by Crippen LogP contribution is 2.22. The highest BCUT2D eigenvalue weighted by atomic mass is 79.9. The van der Waals surface area contributed by atoms with Crippen LogP contribution in [0.15, 0.2) is 18.2 Å². The number of hydrogen-bond acceptors (Lipinski definition) is 1. The van der Waals surface area contributed by atoms with Crippen molar-refractivity contribution in [3.8, 4) is 0 Å². The Morgan fingerprint density at radius 3 is 3.00 bits per heavy atom. The van der Waals surface area contributed by atoms with Crippen LogP contribution in [0, 0.1) is 6.92 Å². The Bertz CT molecular complexity index is 271. The van der Waals surface area contributed by atoms with Gasteiger partial charge in [0.25, 0.3) is 0 Å². The average Bonchev–Trinajstić information content (AvgIpc) is 2.04. The molecule has 0 radical (unpaired) electrons. The zero-order valence-corrected chi connectivity index (χ0v) is 8.82. The van der Waals surface area contributed by atoms with Crippen LogP contribution in [0.25, 0.3) is 0 Å². The molecule has 0 aromatic heterocycles. The Morgan fingerprint density at radius 1 is 1.33 bits per heavy atom. The number of aryl methyl sites for hydroxylation is 2. The topological polar surface area (TPSA) is 12.0 Å². The van der Waals surface area contributed by atoms with Crippen LogP contribution < -0.4 is 22.3 Å². The number of nitrogens with one attached hydrogen (secondary N) is 1. The summed E-state index contributed by atoms with van der Waals surface area (Å²) in [6.07, 6.45) is 2.51. The summed E-state index contributed by atoms with van der Waals surface area (Å²) in [7, 11) is 0. The first-order valence-corrected chi connectivity index (χ1v) is 4.20. The second-order valence-electron chi connectivity index (χ2n) is 3.19. The van der Waals surface area contributed by atoms with Gasteiger partial charge in [-0.3, -0.25) is 0 Å². The van der Waals surface area contributed by atoms with E-state index in [0.717, 1.165) is 6.54 Å². The van der Waals surface area contributed by atoms with Crippen LogP contribution in [0.4, 0.5) is 5.69 Å². The third kappa shape index (κ3) is 1.81.